The molecule has 0 aliphatic carbocycles. The van der Waals surface area contributed by atoms with Gasteiger partial charge in [-0.1, -0.05) is 19.1 Å². The van der Waals surface area contributed by atoms with Crippen LogP contribution in [0.4, 0.5) is 16.2 Å². The van der Waals surface area contributed by atoms with Crippen LogP contribution in [0.15, 0.2) is 42.0 Å². The van der Waals surface area contributed by atoms with Gasteiger partial charge in [0, 0.05) is 18.3 Å². The van der Waals surface area contributed by atoms with E-state index in [0.717, 1.165) is 33.7 Å². The van der Waals surface area contributed by atoms with Crippen molar-refractivity contribution in [2.24, 2.45) is 0 Å². The lowest BCUT2D eigenvalue weighted by Crippen LogP contribution is -2.54. The number of nitrogens with zero attached hydrogens (tertiary/aromatic N) is 2. The lowest BCUT2D eigenvalue weighted by molar-refractivity contribution is -0.122. The van der Waals surface area contributed by atoms with Crippen molar-refractivity contribution in [2.75, 3.05) is 16.8 Å². The molecule has 32 heavy (non-hydrogen) atoms. The highest BCUT2D eigenvalue weighted by Crippen LogP contribution is 2.42. The summed E-state index contributed by atoms with van der Waals surface area (Å²) in [6, 6.07) is 10.7. The van der Waals surface area contributed by atoms with Crippen LogP contribution in [-0.2, 0) is 9.59 Å². The third-order valence-corrected chi connectivity index (χ3v) is 6.53. The average Bonchev–Trinajstić information content (AvgIpc) is 2.68. The average molecular weight is 432 g/mol. The van der Waals surface area contributed by atoms with Gasteiger partial charge in [0.15, 0.2) is 0 Å². The highest BCUT2D eigenvalue weighted by atomic mass is 16.2. The third kappa shape index (κ3) is 3.70. The van der Waals surface area contributed by atoms with E-state index in [0.29, 0.717) is 11.6 Å². The number of rotatable bonds is 2. The van der Waals surface area contributed by atoms with Crippen molar-refractivity contribution in [1.29, 1.82) is 0 Å². The van der Waals surface area contributed by atoms with Crippen molar-refractivity contribution >= 4 is 35.3 Å². The molecule has 0 bridgehead atoms. The van der Waals surface area contributed by atoms with Crippen LogP contribution in [-0.4, -0.2) is 30.4 Å². The Morgan fingerprint density at radius 2 is 1.69 bits per heavy atom. The largest absolute Gasteiger partial charge is 0.369 e. The Hall–Kier alpha value is -3.41. The molecule has 2 aliphatic heterocycles. The number of barbiturate groups is 1. The summed E-state index contributed by atoms with van der Waals surface area (Å²) in [6.07, 6.45) is 2.58. The molecular weight excluding hydrogens is 402 g/mol. The molecule has 4 rings (SSSR count). The van der Waals surface area contributed by atoms with Gasteiger partial charge in [0.25, 0.3) is 11.8 Å². The van der Waals surface area contributed by atoms with E-state index in [1.54, 1.807) is 18.2 Å². The van der Waals surface area contributed by atoms with E-state index < -0.39 is 17.8 Å². The van der Waals surface area contributed by atoms with Gasteiger partial charge in [-0.25, -0.2) is 9.69 Å². The number of nitrogens with one attached hydrogen (secondary N) is 1. The molecule has 1 fully saturated rings. The Morgan fingerprint density at radius 3 is 2.34 bits per heavy atom. The molecule has 0 spiro atoms. The van der Waals surface area contributed by atoms with Crippen LogP contribution in [0, 0.1) is 13.8 Å². The van der Waals surface area contributed by atoms with E-state index in [2.05, 4.69) is 38.0 Å². The van der Waals surface area contributed by atoms with Gasteiger partial charge in [-0.15, -0.1) is 0 Å². The van der Waals surface area contributed by atoms with E-state index in [1.807, 2.05) is 38.1 Å². The molecule has 1 atom stereocenters. The van der Waals surface area contributed by atoms with E-state index in [-0.39, 0.29) is 11.1 Å². The first-order valence-corrected chi connectivity index (χ1v) is 10.9. The molecule has 0 radical (unpaired) electrons. The third-order valence-electron chi connectivity index (χ3n) is 6.53. The van der Waals surface area contributed by atoms with Crippen LogP contribution in [0.5, 0.6) is 0 Å². The smallest absolute Gasteiger partial charge is 0.335 e. The summed E-state index contributed by atoms with van der Waals surface area (Å²) in [5, 5.41) is 2.31. The number of carbonyl (C=O) groups is 3. The Labute approximate surface area is 188 Å². The lowest BCUT2D eigenvalue weighted by atomic mass is 9.80. The van der Waals surface area contributed by atoms with Crippen molar-refractivity contribution in [3.63, 3.8) is 0 Å². The van der Waals surface area contributed by atoms with Gasteiger partial charge in [0.1, 0.15) is 5.57 Å². The number of benzene rings is 2. The molecule has 2 aromatic rings. The standard InChI is InChI=1S/C26H29N3O3/c1-15-9-16(2)11-19(10-15)29-24(31)21(23(30)27-25(29)32)13-18-7-8-22-20(12-18)17(3)14-26(4,5)28(22)6/h7-13,17H,14H2,1-6H3,(H,27,30,32)/b21-13+/t17-/m0/s1. The summed E-state index contributed by atoms with van der Waals surface area (Å²) in [5.41, 5.74) is 5.41. The summed E-state index contributed by atoms with van der Waals surface area (Å²) in [5.74, 6) is -0.948. The maximum atomic E-state index is 13.2. The Bertz CT molecular complexity index is 1160. The monoisotopic (exact) mass is 431 g/mol. The SMILES string of the molecule is Cc1cc(C)cc(N2C(=O)NC(=O)/C(=C\c3ccc4c(c3)[C@@H](C)CC(C)(C)N4C)C2=O)c1. The molecule has 2 aliphatic rings. The van der Waals surface area contributed by atoms with Gasteiger partial charge in [0.2, 0.25) is 0 Å². The first-order chi connectivity index (χ1) is 15.0. The van der Waals surface area contributed by atoms with Gasteiger partial charge in [0.05, 0.1) is 5.69 Å². The fourth-order valence-electron chi connectivity index (χ4n) is 4.82. The number of hydrogen-bond acceptors (Lipinski definition) is 4. The van der Waals surface area contributed by atoms with E-state index >= 15 is 0 Å². The molecule has 0 saturated carbocycles. The number of amides is 4. The highest BCUT2D eigenvalue weighted by molar-refractivity contribution is 6.39. The van der Waals surface area contributed by atoms with Gasteiger partial charge in [-0.05, 0) is 92.6 Å². The first kappa shape index (κ1) is 21.8. The van der Waals surface area contributed by atoms with Crippen LogP contribution in [0.1, 0.15) is 55.4 Å². The van der Waals surface area contributed by atoms with Crippen LogP contribution in [0.3, 0.4) is 0 Å². The van der Waals surface area contributed by atoms with Crippen molar-refractivity contribution in [2.45, 2.75) is 52.5 Å². The second-order valence-corrected chi connectivity index (χ2v) is 9.60. The number of carbonyl (C=O) groups excluding carboxylic acids is 3. The Kier molecular flexibility index (Phi) is 5.19. The normalized spacial score (nSPS) is 21.6. The van der Waals surface area contributed by atoms with Crippen LogP contribution < -0.4 is 15.1 Å². The second-order valence-electron chi connectivity index (χ2n) is 9.60. The summed E-state index contributed by atoms with van der Waals surface area (Å²) in [6.45, 7) is 10.5. The van der Waals surface area contributed by atoms with Crippen molar-refractivity contribution in [1.82, 2.24) is 5.32 Å². The molecular formula is C26H29N3O3. The lowest BCUT2D eigenvalue weighted by Gasteiger charge is -2.45. The van der Waals surface area contributed by atoms with E-state index in [1.165, 1.54) is 5.56 Å². The maximum Gasteiger partial charge on any atom is 0.335 e. The molecule has 1 N–H and O–H groups in total. The van der Waals surface area contributed by atoms with E-state index in [9.17, 15) is 14.4 Å². The molecule has 6 nitrogen and oxygen atoms in total. The molecule has 166 valence electrons. The summed E-state index contributed by atoms with van der Waals surface area (Å²) < 4.78 is 0. The minimum Gasteiger partial charge on any atom is -0.369 e. The van der Waals surface area contributed by atoms with Gasteiger partial charge in [-0.3, -0.25) is 14.9 Å². The zero-order valence-corrected chi connectivity index (χ0v) is 19.4. The minimum atomic E-state index is -0.731. The van der Waals surface area contributed by atoms with Gasteiger partial charge < -0.3 is 4.90 Å². The summed E-state index contributed by atoms with van der Waals surface area (Å²) in [4.78, 5) is 41.6. The van der Waals surface area contributed by atoms with Crippen LogP contribution >= 0.6 is 0 Å². The molecule has 0 aromatic heterocycles. The fraction of sp³-hybridized carbons (Fsp3) is 0.346. The maximum absolute atomic E-state index is 13.2. The molecule has 6 heteroatoms. The summed E-state index contributed by atoms with van der Waals surface area (Å²) >= 11 is 0. The Morgan fingerprint density at radius 1 is 1.03 bits per heavy atom. The number of imide groups is 2. The number of anilines is 2. The fourth-order valence-corrected chi connectivity index (χ4v) is 4.82. The summed E-state index contributed by atoms with van der Waals surface area (Å²) in [7, 11) is 2.09. The number of fused-ring (bicyclic) bond motifs is 1. The number of urea groups is 1. The van der Waals surface area contributed by atoms with Crippen molar-refractivity contribution in [3.8, 4) is 0 Å². The Balaban J connectivity index is 1.74. The predicted molar refractivity (Wildman–Crippen MR) is 127 cm³/mol. The van der Waals surface area contributed by atoms with E-state index in [4.69, 9.17) is 0 Å². The number of hydrogen-bond donors (Lipinski definition) is 1. The second kappa shape index (κ2) is 7.62. The highest BCUT2D eigenvalue weighted by Gasteiger charge is 2.37. The number of aryl methyl sites for hydroxylation is 2. The van der Waals surface area contributed by atoms with Crippen molar-refractivity contribution < 1.29 is 14.4 Å². The first-order valence-electron chi connectivity index (χ1n) is 10.9. The minimum absolute atomic E-state index is 0.0540. The molecule has 1 saturated heterocycles. The topological polar surface area (TPSA) is 69.7 Å². The molecule has 4 amide bonds. The van der Waals surface area contributed by atoms with Crippen LogP contribution in [0.25, 0.3) is 6.08 Å². The van der Waals surface area contributed by atoms with Gasteiger partial charge >= 0.3 is 6.03 Å². The molecule has 0 unspecified atom stereocenters. The van der Waals surface area contributed by atoms with Crippen molar-refractivity contribution in [3.05, 3.63) is 64.2 Å². The molecule has 2 aromatic carbocycles. The predicted octanol–water partition coefficient (Wildman–Crippen LogP) is 4.69. The molecule has 2 heterocycles. The van der Waals surface area contributed by atoms with Gasteiger partial charge in [-0.2, -0.15) is 0 Å². The zero-order chi connectivity index (χ0) is 23.4. The zero-order valence-electron chi connectivity index (χ0n) is 19.4. The van der Waals surface area contributed by atoms with Crippen LogP contribution in [0.2, 0.25) is 0 Å². The quantitative estimate of drug-likeness (QED) is 0.553.